The first-order valence-corrected chi connectivity index (χ1v) is 10.2. The Morgan fingerprint density at radius 3 is 2.63 bits per heavy atom. The molecule has 7 nitrogen and oxygen atoms in total. The summed E-state index contributed by atoms with van der Waals surface area (Å²) < 4.78 is 16.6. The van der Waals surface area contributed by atoms with Gasteiger partial charge in [-0.15, -0.1) is 0 Å². The molecule has 1 aliphatic heterocycles. The first kappa shape index (κ1) is 22.2. The second-order valence-electron chi connectivity index (χ2n) is 8.75. The van der Waals surface area contributed by atoms with Crippen LogP contribution in [0.3, 0.4) is 0 Å². The number of amides is 2. The van der Waals surface area contributed by atoms with Gasteiger partial charge in [0.25, 0.3) is 5.91 Å². The van der Waals surface area contributed by atoms with Gasteiger partial charge in [0, 0.05) is 13.1 Å². The highest BCUT2D eigenvalue weighted by atomic mass is 35.5. The number of primary amides is 1. The molecule has 0 fully saturated rings. The molecule has 2 heterocycles. The van der Waals surface area contributed by atoms with Gasteiger partial charge >= 0.3 is 0 Å². The molecule has 1 aromatic carbocycles. The maximum absolute atomic E-state index is 14.8. The number of carbonyl (C=O) groups excluding carboxylic acids is 2. The number of carbonyl (C=O) groups is 2. The summed E-state index contributed by atoms with van der Waals surface area (Å²) in [6, 6.07) is 3.83. The minimum Gasteiger partial charge on any atom is -0.368 e. The lowest BCUT2D eigenvalue weighted by Crippen LogP contribution is -2.52. The predicted octanol–water partition coefficient (Wildman–Crippen LogP) is 2.81. The summed E-state index contributed by atoms with van der Waals surface area (Å²) in [6.45, 7) is 7.32. The Kier molecular flexibility index (Phi) is 6.19. The second-order valence-corrected chi connectivity index (χ2v) is 9.16. The highest BCUT2D eigenvalue weighted by molar-refractivity contribution is 6.31. The van der Waals surface area contributed by atoms with Crippen molar-refractivity contribution >= 4 is 23.4 Å². The number of rotatable bonds is 4. The fraction of sp³-hybridized carbons (Fsp3) is 0.476. The standard InChI is InChI=1S/C21H27ClFN5O2/c1-21(2,3)17(18(24)29)26-20(30)16-14-11-27(4)9-6-10-28(14)19(25-16)12-7-5-8-13(22)15(12)23/h5,7-8,17H,6,9-11H2,1-4H3,(H2,24,29)(H,26,30)/t17-/m1/s1. The highest BCUT2D eigenvalue weighted by Crippen LogP contribution is 2.31. The van der Waals surface area contributed by atoms with E-state index in [9.17, 15) is 14.0 Å². The first-order valence-electron chi connectivity index (χ1n) is 9.83. The summed E-state index contributed by atoms with van der Waals surface area (Å²) >= 11 is 5.97. The zero-order valence-electron chi connectivity index (χ0n) is 17.6. The fourth-order valence-electron chi connectivity index (χ4n) is 3.70. The van der Waals surface area contributed by atoms with E-state index in [2.05, 4.69) is 15.2 Å². The van der Waals surface area contributed by atoms with Gasteiger partial charge in [0.2, 0.25) is 5.91 Å². The van der Waals surface area contributed by atoms with E-state index in [-0.39, 0.29) is 16.3 Å². The number of hydrogen-bond acceptors (Lipinski definition) is 4. The minimum atomic E-state index is -0.878. The molecule has 1 atom stereocenters. The van der Waals surface area contributed by atoms with Crippen molar-refractivity contribution in [3.05, 3.63) is 40.4 Å². The molecule has 2 amide bonds. The summed E-state index contributed by atoms with van der Waals surface area (Å²) in [7, 11) is 1.95. The van der Waals surface area contributed by atoms with Gasteiger partial charge in [-0.25, -0.2) is 9.37 Å². The Morgan fingerprint density at radius 2 is 2.00 bits per heavy atom. The van der Waals surface area contributed by atoms with E-state index in [4.69, 9.17) is 17.3 Å². The second kappa shape index (κ2) is 8.35. The van der Waals surface area contributed by atoms with Crippen LogP contribution in [-0.2, 0) is 17.9 Å². The third-order valence-electron chi connectivity index (χ3n) is 5.25. The van der Waals surface area contributed by atoms with Crippen molar-refractivity contribution in [1.82, 2.24) is 19.8 Å². The van der Waals surface area contributed by atoms with E-state index < -0.39 is 29.1 Å². The summed E-state index contributed by atoms with van der Waals surface area (Å²) in [5, 5.41) is 2.71. The van der Waals surface area contributed by atoms with Gasteiger partial charge in [-0.2, -0.15) is 0 Å². The van der Waals surface area contributed by atoms with Crippen molar-refractivity contribution in [2.45, 2.75) is 46.3 Å². The van der Waals surface area contributed by atoms with Gasteiger partial charge in [-0.3, -0.25) is 9.59 Å². The molecule has 0 bridgehead atoms. The third-order valence-corrected chi connectivity index (χ3v) is 5.54. The number of nitrogens with zero attached hydrogens (tertiary/aromatic N) is 3. The van der Waals surface area contributed by atoms with Gasteiger partial charge in [-0.1, -0.05) is 38.4 Å². The van der Waals surface area contributed by atoms with Crippen molar-refractivity contribution in [1.29, 1.82) is 0 Å². The molecule has 3 N–H and O–H groups in total. The summed E-state index contributed by atoms with van der Waals surface area (Å²) in [6.07, 6.45) is 0.821. The molecular weight excluding hydrogens is 409 g/mol. The summed E-state index contributed by atoms with van der Waals surface area (Å²) in [4.78, 5) is 31.7. The van der Waals surface area contributed by atoms with E-state index >= 15 is 0 Å². The van der Waals surface area contributed by atoms with Crippen LogP contribution in [0.15, 0.2) is 18.2 Å². The van der Waals surface area contributed by atoms with Crippen LogP contribution in [0.25, 0.3) is 11.4 Å². The van der Waals surface area contributed by atoms with Crippen molar-refractivity contribution in [3.8, 4) is 11.4 Å². The van der Waals surface area contributed by atoms with Crippen LogP contribution in [-0.4, -0.2) is 45.9 Å². The molecule has 1 aliphatic rings. The normalized spacial score (nSPS) is 15.9. The lowest BCUT2D eigenvalue weighted by Gasteiger charge is -2.28. The maximum atomic E-state index is 14.8. The third kappa shape index (κ3) is 4.34. The molecule has 0 unspecified atom stereocenters. The van der Waals surface area contributed by atoms with E-state index in [1.807, 2.05) is 32.4 Å². The Morgan fingerprint density at radius 1 is 1.30 bits per heavy atom. The van der Waals surface area contributed by atoms with E-state index in [1.54, 1.807) is 12.1 Å². The lowest BCUT2D eigenvalue weighted by molar-refractivity contribution is -0.122. The maximum Gasteiger partial charge on any atom is 0.272 e. The van der Waals surface area contributed by atoms with Gasteiger partial charge in [-0.05, 0) is 37.6 Å². The molecule has 30 heavy (non-hydrogen) atoms. The summed E-state index contributed by atoms with van der Waals surface area (Å²) in [5.74, 6) is -1.38. The number of fused-ring (bicyclic) bond motifs is 1. The molecule has 0 saturated heterocycles. The molecule has 9 heteroatoms. The quantitative estimate of drug-likeness (QED) is 0.772. The Bertz CT molecular complexity index is 983. The Labute approximate surface area is 180 Å². The van der Waals surface area contributed by atoms with Crippen LogP contribution in [0.2, 0.25) is 5.02 Å². The zero-order chi connectivity index (χ0) is 22.2. The molecular formula is C21H27ClFN5O2. The van der Waals surface area contributed by atoms with Crippen molar-refractivity contribution < 1.29 is 14.0 Å². The average Bonchev–Trinajstić information content (AvgIpc) is 2.87. The SMILES string of the molecule is CN1CCCn2c(-c3cccc(Cl)c3F)nc(C(=O)N[C@H](C(N)=O)C(C)(C)C)c2C1. The van der Waals surface area contributed by atoms with Gasteiger partial charge in [0.15, 0.2) is 11.5 Å². The van der Waals surface area contributed by atoms with Crippen LogP contribution < -0.4 is 11.1 Å². The Hall–Kier alpha value is -2.45. The molecule has 1 aromatic heterocycles. The lowest BCUT2D eigenvalue weighted by atomic mass is 9.86. The molecule has 0 spiro atoms. The number of halogens is 2. The number of benzene rings is 1. The topological polar surface area (TPSA) is 93.2 Å². The number of imidazole rings is 1. The average molecular weight is 436 g/mol. The van der Waals surface area contributed by atoms with E-state index in [0.717, 1.165) is 13.0 Å². The van der Waals surface area contributed by atoms with Crippen LogP contribution in [0, 0.1) is 11.2 Å². The highest BCUT2D eigenvalue weighted by Gasteiger charge is 2.34. The first-order chi connectivity index (χ1) is 14.0. The van der Waals surface area contributed by atoms with Crippen molar-refractivity contribution in [3.63, 3.8) is 0 Å². The van der Waals surface area contributed by atoms with Gasteiger partial charge in [0.05, 0.1) is 16.3 Å². The van der Waals surface area contributed by atoms with E-state index in [0.29, 0.717) is 24.6 Å². The number of nitrogens with two attached hydrogens (primary N) is 1. The monoisotopic (exact) mass is 435 g/mol. The number of aromatic nitrogens is 2. The van der Waals surface area contributed by atoms with Crippen LogP contribution in [0.1, 0.15) is 43.4 Å². The summed E-state index contributed by atoms with van der Waals surface area (Å²) in [5.41, 5.74) is 6.00. The van der Waals surface area contributed by atoms with Gasteiger partial charge in [0.1, 0.15) is 11.9 Å². The van der Waals surface area contributed by atoms with Crippen LogP contribution in [0.4, 0.5) is 4.39 Å². The fourth-order valence-corrected chi connectivity index (χ4v) is 3.87. The predicted molar refractivity (Wildman–Crippen MR) is 113 cm³/mol. The van der Waals surface area contributed by atoms with Gasteiger partial charge < -0.3 is 20.5 Å². The van der Waals surface area contributed by atoms with E-state index in [1.165, 1.54) is 6.07 Å². The van der Waals surface area contributed by atoms with Crippen LogP contribution >= 0.6 is 11.6 Å². The number of nitrogens with one attached hydrogen (secondary N) is 1. The number of hydrogen-bond donors (Lipinski definition) is 2. The molecule has 3 rings (SSSR count). The van der Waals surface area contributed by atoms with Crippen molar-refractivity contribution in [2.75, 3.05) is 13.6 Å². The zero-order valence-corrected chi connectivity index (χ0v) is 18.4. The Balaban J connectivity index is 2.11. The molecule has 162 valence electrons. The van der Waals surface area contributed by atoms with Crippen molar-refractivity contribution in [2.24, 2.45) is 11.1 Å². The molecule has 0 aliphatic carbocycles. The van der Waals surface area contributed by atoms with Crippen LogP contribution in [0.5, 0.6) is 0 Å². The minimum absolute atomic E-state index is 0.0110. The largest absolute Gasteiger partial charge is 0.368 e. The molecule has 2 aromatic rings. The molecule has 0 saturated carbocycles. The molecule has 0 radical (unpaired) electrons. The smallest absolute Gasteiger partial charge is 0.272 e.